The zero-order valence-electron chi connectivity index (χ0n) is 19.9. The molecule has 2 aromatic rings. The largest absolute Gasteiger partial charge is 0.481 e. The summed E-state index contributed by atoms with van der Waals surface area (Å²) in [7, 11) is 0. The average molecular weight is 481 g/mol. The molecule has 4 rings (SSSR count). The van der Waals surface area contributed by atoms with Gasteiger partial charge >= 0.3 is 12.1 Å². The fourth-order valence-electron chi connectivity index (χ4n) is 5.03. The lowest BCUT2D eigenvalue weighted by molar-refractivity contribution is -0.139. The Kier molecular flexibility index (Phi) is 8.02. The number of carbonyl (C=O) groups is 3. The Balaban J connectivity index is 1.23. The van der Waals surface area contributed by atoms with Crippen molar-refractivity contribution in [2.24, 2.45) is 5.92 Å². The number of benzene rings is 2. The molecular formula is C27H32N2O6. The summed E-state index contributed by atoms with van der Waals surface area (Å²) in [5, 5.41) is 14.5. The highest BCUT2D eigenvalue weighted by Crippen LogP contribution is 2.44. The smallest absolute Gasteiger partial charge is 0.407 e. The minimum atomic E-state index is -0.810. The molecule has 8 nitrogen and oxygen atoms in total. The summed E-state index contributed by atoms with van der Waals surface area (Å²) in [6.45, 7) is 2.62. The van der Waals surface area contributed by atoms with Crippen LogP contribution in [0.3, 0.4) is 0 Å². The van der Waals surface area contributed by atoms with Crippen molar-refractivity contribution in [3.05, 3.63) is 59.7 Å². The second-order valence-corrected chi connectivity index (χ2v) is 9.19. The number of fused-ring (bicyclic) bond motifs is 3. The second-order valence-electron chi connectivity index (χ2n) is 9.19. The summed E-state index contributed by atoms with van der Waals surface area (Å²) < 4.78 is 11.2. The summed E-state index contributed by atoms with van der Waals surface area (Å²) in [6, 6.07) is 16.3. The average Bonchev–Trinajstić information content (AvgIpc) is 3.13. The normalized spacial score (nSPS) is 19.1. The quantitative estimate of drug-likeness (QED) is 0.452. The zero-order valence-corrected chi connectivity index (χ0v) is 19.9. The number of rotatable bonds is 11. The maximum absolute atomic E-state index is 12.4. The maximum Gasteiger partial charge on any atom is 0.407 e. The van der Waals surface area contributed by atoms with Crippen LogP contribution in [0.5, 0.6) is 0 Å². The Hall–Kier alpha value is -3.39. The van der Waals surface area contributed by atoms with E-state index in [9.17, 15) is 14.4 Å². The number of carboxylic acids is 1. The maximum atomic E-state index is 12.4. The minimum Gasteiger partial charge on any atom is -0.481 e. The van der Waals surface area contributed by atoms with Gasteiger partial charge in [0.05, 0.1) is 12.5 Å². The lowest BCUT2D eigenvalue weighted by atomic mass is 9.78. The summed E-state index contributed by atoms with van der Waals surface area (Å²) >= 11 is 0. The van der Waals surface area contributed by atoms with Gasteiger partial charge in [-0.3, -0.25) is 9.59 Å². The highest BCUT2D eigenvalue weighted by atomic mass is 16.5. The summed E-state index contributed by atoms with van der Waals surface area (Å²) in [5.41, 5.74) is 4.62. The molecule has 35 heavy (non-hydrogen) atoms. The number of carbonyl (C=O) groups excluding carboxylic acids is 2. The Morgan fingerprint density at radius 1 is 1.03 bits per heavy atom. The predicted octanol–water partition coefficient (Wildman–Crippen LogP) is 3.69. The van der Waals surface area contributed by atoms with E-state index in [0.29, 0.717) is 19.4 Å². The molecule has 0 radical (unpaired) electrons. The van der Waals surface area contributed by atoms with Gasteiger partial charge in [-0.2, -0.15) is 0 Å². The van der Waals surface area contributed by atoms with Crippen LogP contribution in [0.15, 0.2) is 48.5 Å². The van der Waals surface area contributed by atoms with Crippen LogP contribution in [-0.4, -0.2) is 55.0 Å². The molecule has 0 bridgehead atoms. The van der Waals surface area contributed by atoms with Crippen LogP contribution < -0.4 is 10.6 Å². The molecule has 1 unspecified atom stereocenters. The zero-order chi connectivity index (χ0) is 24.8. The molecule has 1 fully saturated rings. The molecule has 1 atom stereocenters. The van der Waals surface area contributed by atoms with Crippen molar-refractivity contribution in [1.82, 2.24) is 10.6 Å². The number of ether oxygens (including phenoxy) is 2. The SMILES string of the molecule is CCOC(CNC(=O)OCC1c2ccccc2-c2ccccc21)CC(=O)NC1CC(CC(=O)O)C1. The Morgan fingerprint density at radius 3 is 2.26 bits per heavy atom. The fraction of sp³-hybridized carbons (Fsp3) is 0.444. The number of alkyl carbamates (subject to hydrolysis) is 1. The van der Waals surface area contributed by atoms with Gasteiger partial charge < -0.3 is 25.2 Å². The van der Waals surface area contributed by atoms with Crippen molar-refractivity contribution in [2.75, 3.05) is 19.8 Å². The molecule has 0 aromatic heterocycles. The Bertz CT molecular complexity index is 1020. The molecule has 186 valence electrons. The summed E-state index contributed by atoms with van der Waals surface area (Å²) in [4.78, 5) is 35.6. The number of hydrogen-bond acceptors (Lipinski definition) is 5. The van der Waals surface area contributed by atoms with Gasteiger partial charge in [0.1, 0.15) is 6.61 Å². The van der Waals surface area contributed by atoms with Crippen molar-refractivity contribution >= 4 is 18.0 Å². The first kappa shape index (κ1) is 24.7. The topological polar surface area (TPSA) is 114 Å². The van der Waals surface area contributed by atoms with Gasteiger partial charge in [0.2, 0.25) is 5.91 Å². The third-order valence-corrected chi connectivity index (χ3v) is 6.70. The van der Waals surface area contributed by atoms with E-state index in [4.69, 9.17) is 14.6 Å². The molecule has 2 aliphatic carbocycles. The number of aliphatic carboxylic acids is 1. The van der Waals surface area contributed by atoms with Crippen molar-refractivity contribution in [3.63, 3.8) is 0 Å². The highest BCUT2D eigenvalue weighted by Gasteiger charge is 2.32. The minimum absolute atomic E-state index is 0.00391. The third-order valence-electron chi connectivity index (χ3n) is 6.70. The van der Waals surface area contributed by atoms with Crippen molar-refractivity contribution in [3.8, 4) is 11.1 Å². The summed E-state index contributed by atoms with van der Waals surface area (Å²) in [5.74, 6) is -0.878. The number of amides is 2. The monoisotopic (exact) mass is 480 g/mol. The van der Waals surface area contributed by atoms with E-state index in [1.165, 1.54) is 11.1 Å². The van der Waals surface area contributed by atoms with E-state index in [1.54, 1.807) is 0 Å². The Morgan fingerprint density at radius 2 is 1.66 bits per heavy atom. The van der Waals surface area contributed by atoms with Gasteiger partial charge in [0, 0.05) is 31.5 Å². The van der Waals surface area contributed by atoms with Crippen LogP contribution >= 0.6 is 0 Å². The van der Waals surface area contributed by atoms with Gasteiger partial charge in [-0.05, 0) is 47.9 Å². The van der Waals surface area contributed by atoms with Gasteiger partial charge in [0.25, 0.3) is 0 Å². The molecule has 0 saturated heterocycles. The number of carboxylic acid groups (broad SMARTS) is 1. The third kappa shape index (κ3) is 6.19. The van der Waals surface area contributed by atoms with Crippen LogP contribution in [0.4, 0.5) is 4.79 Å². The van der Waals surface area contributed by atoms with E-state index in [1.807, 2.05) is 31.2 Å². The van der Waals surface area contributed by atoms with Gasteiger partial charge in [0.15, 0.2) is 0 Å². The van der Waals surface area contributed by atoms with Crippen LogP contribution in [0, 0.1) is 5.92 Å². The molecule has 8 heteroatoms. The van der Waals surface area contributed by atoms with Gasteiger partial charge in [-0.15, -0.1) is 0 Å². The number of nitrogens with one attached hydrogen (secondary N) is 2. The molecule has 2 amide bonds. The van der Waals surface area contributed by atoms with Crippen LogP contribution in [0.2, 0.25) is 0 Å². The molecule has 3 N–H and O–H groups in total. The van der Waals surface area contributed by atoms with Crippen molar-refractivity contribution in [2.45, 2.75) is 50.7 Å². The van der Waals surface area contributed by atoms with Crippen molar-refractivity contribution < 1.29 is 29.0 Å². The van der Waals surface area contributed by atoms with E-state index in [2.05, 4.69) is 34.9 Å². The van der Waals surface area contributed by atoms with E-state index in [-0.39, 0.29) is 49.8 Å². The first-order valence-electron chi connectivity index (χ1n) is 12.2. The molecule has 0 spiro atoms. The molecule has 1 saturated carbocycles. The van der Waals surface area contributed by atoms with E-state index < -0.39 is 18.2 Å². The summed E-state index contributed by atoms with van der Waals surface area (Å²) in [6.07, 6.45) is 0.572. The predicted molar refractivity (Wildman–Crippen MR) is 130 cm³/mol. The lowest BCUT2D eigenvalue weighted by Crippen LogP contribution is -2.46. The van der Waals surface area contributed by atoms with Crippen LogP contribution in [-0.2, 0) is 19.1 Å². The standard InChI is InChI=1S/C27H32N2O6/c1-2-34-19(14-25(30)29-18-11-17(12-18)13-26(31)32)15-28-27(33)35-16-24-22-9-5-3-7-20(22)21-8-4-6-10-23(21)24/h3-10,17-19,24H,2,11-16H2,1H3,(H,28,33)(H,29,30)(H,31,32). The number of hydrogen-bond donors (Lipinski definition) is 3. The van der Waals surface area contributed by atoms with Crippen molar-refractivity contribution in [1.29, 1.82) is 0 Å². The fourth-order valence-corrected chi connectivity index (χ4v) is 5.03. The van der Waals surface area contributed by atoms with Crippen LogP contribution in [0.25, 0.3) is 11.1 Å². The first-order valence-corrected chi connectivity index (χ1v) is 12.2. The highest BCUT2D eigenvalue weighted by molar-refractivity contribution is 5.79. The van der Waals surface area contributed by atoms with E-state index >= 15 is 0 Å². The molecule has 0 aliphatic heterocycles. The van der Waals surface area contributed by atoms with Crippen LogP contribution in [0.1, 0.15) is 49.7 Å². The van der Waals surface area contributed by atoms with E-state index in [0.717, 1.165) is 11.1 Å². The lowest BCUT2D eigenvalue weighted by Gasteiger charge is -2.35. The second kappa shape index (κ2) is 11.4. The molecule has 2 aliphatic rings. The molecule has 0 heterocycles. The van der Waals surface area contributed by atoms with Gasteiger partial charge in [-0.25, -0.2) is 4.79 Å². The molecular weight excluding hydrogens is 448 g/mol. The molecule has 2 aromatic carbocycles. The first-order chi connectivity index (χ1) is 16.9. The Labute approximate surface area is 205 Å². The van der Waals surface area contributed by atoms with Gasteiger partial charge in [-0.1, -0.05) is 48.5 Å².